The normalized spacial score (nSPS) is 11.0. The maximum Gasteiger partial charge on any atom is 0.305 e. The van der Waals surface area contributed by atoms with Crippen molar-refractivity contribution in [2.45, 2.75) is 200 Å². The average molecular weight is 735 g/mol. The first-order chi connectivity index (χ1) is 23.0. The van der Waals surface area contributed by atoms with E-state index in [1.165, 1.54) is 168 Å². The molecule has 0 radical (unpaired) electrons. The van der Waals surface area contributed by atoms with Gasteiger partial charge in [0, 0.05) is 24.7 Å². The highest BCUT2D eigenvalue weighted by molar-refractivity contribution is 9.09. The number of nitrogens with zero attached hydrogens (tertiary/aromatic N) is 1. The zero-order valence-electron chi connectivity index (χ0n) is 31.7. The Bertz CT molecular complexity index is 621. The monoisotopic (exact) mass is 734 g/mol. The first-order valence-corrected chi connectivity index (χ1v) is 21.2. The molecule has 0 aromatic carbocycles. The van der Waals surface area contributed by atoms with Gasteiger partial charge in [0.05, 0.1) is 20.8 Å². The third-order valence-electron chi connectivity index (χ3n) is 9.07. The van der Waals surface area contributed by atoms with Crippen LogP contribution in [0.25, 0.3) is 0 Å². The van der Waals surface area contributed by atoms with Gasteiger partial charge in [-0.3, -0.25) is 9.59 Å². The van der Waals surface area contributed by atoms with Crippen molar-refractivity contribution >= 4 is 27.9 Å². The van der Waals surface area contributed by atoms with Crippen LogP contribution in [0.1, 0.15) is 200 Å². The highest BCUT2D eigenvalue weighted by atomic mass is 79.9. The maximum absolute atomic E-state index is 11.0. The van der Waals surface area contributed by atoms with Gasteiger partial charge in [0.15, 0.2) is 0 Å². The molecule has 7 heteroatoms. The second kappa shape index (κ2) is 43.4. The van der Waals surface area contributed by atoms with E-state index >= 15 is 0 Å². The number of aliphatic hydroxyl groups is 1. The van der Waals surface area contributed by atoms with Crippen LogP contribution >= 0.6 is 15.9 Å². The first-order valence-electron chi connectivity index (χ1n) is 20.1. The van der Waals surface area contributed by atoms with Crippen LogP contribution in [0.3, 0.4) is 0 Å². The Morgan fingerprint density at radius 2 is 0.766 bits per heavy atom. The molecule has 0 aromatic heterocycles. The number of ether oxygens (including phenoxy) is 2. The Morgan fingerprint density at radius 3 is 1.06 bits per heavy atom. The summed E-state index contributed by atoms with van der Waals surface area (Å²) < 4.78 is 9.25. The molecule has 0 aliphatic heterocycles. The van der Waals surface area contributed by atoms with Crippen LogP contribution in [0.4, 0.5) is 0 Å². The molecule has 0 unspecified atom stereocenters. The first kappa shape index (κ1) is 48.5. The third-order valence-corrected chi connectivity index (χ3v) is 9.63. The van der Waals surface area contributed by atoms with Gasteiger partial charge in [-0.15, -0.1) is 0 Å². The third kappa shape index (κ3) is 43.3. The largest absolute Gasteiger partial charge is 0.469 e. The number of hydrogen-bond donors (Lipinski definition) is 1. The molecule has 282 valence electrons. The fourth-order valence-electron chi connectivity index (χ4n) is 5.95. The van der Waals surface area contributed by atoms with E-state index in [0.29, 0.717) is 12.8 Å². The molecule has 0 spiro atoms. The van der Waals surface area contributed by atoms with Crippen LogP contribution in [0.5, 0.6) is 0 Å². The predicted molar refractivity (Wildman–Crippen MR) is 206 cm³/mol. The van der Waals surface area contributed by atoms with Gasteiger partial charge in [0.1, 0.15) is 0 Å². The topological polar surface area (TPSA) is 76.1 Å². The minimum atomic E-state index is -0.0802. The Balaban J connectivity index is 0. The predicted octanol–water partition coefficient (Wildman–Crippen LogP) is 11.7. The highest BCUT2D eigenvalue weighted by Gasteiger charge is 2.04. The molecule has 0 saturated heterocycles. The van der Waals surface area contributed by atoms with Crippen molar-refractivity contribution in [3.05, 3.63) is 0 Å². The SMILES string of the molecule is CCCCCCCCCCCCN(CCO)CCCCCCCCCCCC(=O)OC.COC(=O)CCCCCCCCCCCBr. The zero-order chi connectivity index (χ0) is 34.9. The van der Waals surface area contributed by atoms with E-state index in [0.717, 1.165) is 50.6 Å². The summed E-state index contributed by atoms with van der Waals surface area (Å²) in [5, 5.41) is 10.5. The number of alkyl halides is 1. The van der Waals surface area contributed by atoms with Gasteiger partial charge in [0.2, 0.25) is 0 Å². The van der Waals surface area contributed by atoms with E-state index < -0.39 is 0 Å². The van der Waals surface area contributed by atoms with Crippen molar-refractivity contribution in [3.63, 3.8) is 0 Å². The standard InChI is InChI=1S/C27H55NO3.C13H25BrO2/c1-3-4-5-6-7-8-11-14-17-20-23-28(25-26-29)24-21-18-15-12-9-10-13-16-19-22-27(30)31-2;1-16-13(15)11-9-7-5-3-2-4-6-8-10-12-14/h29H,3-26H2,1-2H3;2-12H2,1H3. The molecule has 0 aromatic rings. The van der Waals surface area contributed by atoms with Crippen molar-refractivity contribution in [2.24, 2.45) is 0 Å². The van der Waals surface area contributed by atoms with Gasteiger partial charge < -0.3 is 19.5 Å². The van der Waals surface area contributed by atoms with Crippen LogP contribution in [0.2, 0.25) is 0 Å². The summed E-state index contributed by atoms with van der Waals surface area (Å²) in [7, 11) is 2.92. The maximum atomic E-state index is 11.0. The smallest absolute Gasteiger partial charge is 0.305 e. The van der Waals surface area contributed by atoms with E-state index in [1.54, 1.807) is 0 Å². The van der Waals surface area contributed by atoms with Gasteiger partial charge >= 0.3 is 11.9 Å². The van der Waals surface area contributed by atoms with Gasteiger partial charge in [0.25, 0.3) is 0 Å². The Kier molecular flexibility index (Phi) is 44.7. The summed E-state index contributed by atoms with van der Waals surface area (Å²) in [6, 6.07) is 0. The highest BCUT2D eigenvalue weighted by Crippen LogP contribution is 2.14. The van der Waals surface area contributed by atoms with Crippen LogP contribution in [-0.4, -0.2) is 67.7 Å². The molecule has 1 N–H and O–H groups in total. The summed E-state index contributed by atoms with van der Waals surface area (Å²) in [5.41, 5.74) is 0. The molecule has 0 aliphatic rings. The number of unbranched alkanes of at least 4 members (excludes halogenated alkanes) is 25. The van der Waals surface area contributed by atoms with Crippen LogP contribution in [-0.2, 0) is 19.1 Å². The van der Waals surface area contributed by atoms with E-state index in [1.807, 2.05) is 0 Å². The number of methoxy groups -OCH3 is 2. The molecule has 0 aliphatic carbocycles. The number of halogens is 1. The molecule has 0 atom stereocenters. The fourth-order valence-corrected chi connectivity index (χ4v) is 6.34. The zero-order valence-corrected chi connectivity index (χ0v) is 33.2. The average Bonchev–Trinajstić information content (AvgIpc) is 3.08. The van der Waals surface area contributed by atoms with Crippen molar-refractivity contribution in [1.29, 1.82) is 0 Å². The quantitative estimate of drug-likeness (QED) is 0.0392. The summed E-state index contributed by atoms with van der Waals surface area (Å²) >= 11 is 3.44. The number of carbonyl (C=O) groups is 2. The van der Waals surface area contributed by atoms with Gasteiger partial charge in [-0.1, -0.05) is 171 Å². The lowest BCUT2D eigenvalue weighted by molar-refractivity contribution is -0.141. The number of rotatable bonds is 36. The van der Waals surface area contributed by atoms with E-state index in [4.69, 9.17) is 0 Å². The number of hydrogen-bond acceptors (Lipinski definition) is 6. The van der Waals surface area contributed by atoms with Crippen molar-refractivity contribution in [1.82, 2.24) is 4.90 Å². The van der Waals surface area contributed by atoms with E-state index in [-0.39, 0.29) is 18.5 Å². The molecule has 0 bridgehead atoms. The molecule has 0 fully saturated rings. The molecule has 0 amide bonds. The van der Waals surface area contributed by atoms with E-state index in [9.17, 15) is 14.7 Å². The molecule has 0 heterocycles. The van der Waals surface area contributed by atoms with Crippen LogP contribution in [0, 0.1) is 0 Å². The number of aliphatic hydroxyl groups excluding tert-OH is 1. The molecule has 47 heavy (non-hydrogen) atoms. The minimum absolute atomic E-state index is 0.0743. The fraction of sp³-hybridized carbons (Fsp3) is 0.950. The van der Waals surface area contributed by atoms with Crippen molar-refractivity contribution in [3.8, 4) is 0 Å². The lowest BCUT2D eigenvalue weighted by Crippen LogP contribution is -2.29. The molecular formula is C40H80BrNO5. The Labute approximate surface area is 301 Å². The van der Waals surface area contributed by atoms with Gasteiger partial charge in [-0.25, -0.2) is 0 Å². The number of esters is 2. The molecular weight excluding hydrogens is 654 g/mol. The lowest BCUT2D eigenvalue weighted by atomic mass is 10.1. The van der Waals surface area contributed by atoms with Crippen molar-refractivity contribution in [2.75, 3.05) is 45.8 Å². The van der Waals surface area contributed by atoms with Crippen molar-refractivity contribution < 1.29 is 24.2 Å². The second-order valence-corrected chi connectivity index (χ2v) is 14.2. The Hall–Kier alpha value is -0.660. The van der Waals surface area contributed by atoms with Gasteiger partial charge in [-0.2, -0.15) is 0 Å². The molecule has 0 saturated carbocycles. The second-order valence-electron chi connectivity index (χ2n) is 13.5. The summed E-state index contributed by atoms with van der Waals surface area (Å²) in [6.07, 6.45) is 37.6. The summed E-state index contributed by atoms with van der Waals surface area (Å²) in [5.74, 6) is -0.154. The minimum Gasteiger partial charge on any atom is -0.469 e. The summed E-state index contributed by atoms with van der Waals surface area (Å²) in [4.78, 5) is 24.3. The molecule has 6 nitrogen and oxygen atoms in total. The van der Waals surface area contributed by atoms with E-state index in [2.05, 4.69) is 37.2 Å². The summed E-state index contributed by atoms with van der Waals surface area (Å²) in [6.45, 7) is 5.70. The van der Waals surface area contributed by atoms with Crippen LogP contribution in [0.15, 0.2) is 0 Å². The van der Waals surface area contributed by atoms with Crippen LogP contribution < -0.4 is 0 Å². The Morgan fingerprint density at radius 1 is 0.468 bits per heavy atom. The lowest BCUT2D eigenvalue weighted by Gasteiger charge is -2.21. The molecule has 0 rings (SSSR count). The van der Waals surface area contributed by atoms with Gasteiger partial charge in [-0.05, 0) is 45.2 Å². The number of carbonyl (C=O) groups excluding carboxylic acids is 2.